The molecule has 0 radical (unpaired) electrons. The minimum atomic E-state index is -0.344. The van der Waals surface area contributed by atoms with Crippen LogP contribution in [0.1, 0.15) is 4.88 Å². The Hall–Kier alpha value is -1.59. The van der Waals surface area contributed by atoms with Gasteiger partial charge in [0.2, 0.25) is 0 Å². The summed E-state index contributed by atoms with van der Waals surface area (Å²) in [6.07, 6.45) is 1.58. The second-order valence-corrected chi connectivity index (χ2v) is 6.38. The molecular formula is C15H10BrFN2S. The number of aryl methyl sites for hydroxylation is 1. The highest BCUT2D eigenvalue weighted by atomic mass is 79.9. The van der Waals surface area contributed by atoms with Gasteiger partial charge in [0.25, 0.3) is 0 Å². The zero-order chi connectivity index (χ0) is 14.1. The molecule has 3 aromatic rings. The van der Waals surface area contributed by atoms with Crippen LogP contribution < -0.4 is 0 Å². The van der Waals surface area contributed by atoms with E-state index in [1.165, 1.54) is 17.4 Å². The molecule has 0 aliphatic carbocycles. The van der Waals surface area contributed by atoms with E-state index in [1.807, 2.05) is 31.2 Å². The molecule has 0 saturated carbocycles. The maximum atomic E-state index is 13.8. The lowest BCUT2D eigenvalue weighted by Crippen LogP contribution is -1.87. The molecule has 0 aliphatic rings. The standard InChI is InChI=1S/C15H10BrFN2S/c1-9-13(10-4-6-11(16)7-5-10)19-15(20-9)14-12(17)3-2-8-18-14/h2-8H,1H3. The average Bonchev–Trinajstić information content (AvgIpc) is 2.82. The zero-order valence-electron chi connectivity index (χ0n) is 10.6. The topological polar surface area (TPSA) is 25.8 Å². The molecule has 5 heteroatoms. The van der Waals surface area contributed by atoms with Crippen LogP contribution in [0, 0.1) is 12.7 Å². The van der Waals surface area contributed by atoms with E-state index in [9.17, 15) is 4.39 Å². The van der Waals surface area contributed by atoms with Gasteiger partial charge in [0, 0.05) is 21.1 Å². The van der Waals surface area contributed by atoms with Gasteiger partial charge in [-0.2, -0.15) is 0 Å². The number of thiazole rings is 1. The van der Waals surface area contributed by atoms with Gasteiger partial charge in [-0.05, 0) is 31.2 Å². The summed E-state index contributed by atoms with van der Waals surface area (Å²) in [7, 11) is 0. The van der Waals surface area contributed by atoms with E-state index in [0.29, 0.717) is 10.7 Å². The van der Waals surface area contributed by atoms with E-state index in [1.54, 1.807) is 12.3 Å². The van der Waals surface area contributed by atoms with Gasteiger partial charge in [0.05, 0.1) is 5.69 Å². The predicted molar refractivity (Wildman–Crippen MR) is 83.2 cm³/mol. The Kier molecular flexibility index (Phi) is 3.63. The molecule has 2 aromatic heterocycles. The first-order chi connectivity index (χ1) is 9.65. The van der Waals surface area contributed by atoms with Gasteiger partial charge >= 0.3 is 0 Å². The van der Waals surface area contributed by atoms with Crippen molar-refractivity contribution in [2.75, 3.05) is 0 Å². The summed E-state index contributed by atoms with van der Waals surface area (Å²) < 4.78 is 14.8. The molecule has 0 aliphatic heterocycles. The summed E-state index contributed by atoms with van der Waals surface area (Å²) in [4.78, 5) is 9.67. The smallest absolute Gasteiger partial charge is 0.151 e. The lowest BCUT2D eigenvalue weighted by molar-refractivity contribution is 0.625. The average molecular weight is 349 g/mol. The van der Waals surface area contributed by atoms with Crippen molar-refractivity contribution in [1.29, 1.82) is 0 Å². The van der Waals surface area contributed by atoms with Gasteiger partial charge in [0.1, 0.15) is 10.7 Å². The molecule has 0 bridgehead atoms. The zero-order valence-corrected chi connectivity index (χ0v) is 13.0. The number of rotatable bonds is 2. The van der Waals surface area contributed by atoms with Crippen molar-refractivity contribution in [3.63, 3.8) is 0 Å². The third kappa shape index (κ3) is 2.51. The Labute approximate surface area is 128 Å². The molecule has 2 heterocycles. The number of halogens is 2. The number of nitrogens with zero attached hydrogens (tertiary/aromatic N) is 2. The monoisotopic (exact) mass is 348 g/mol. The van der Waals surface area contributed by atoms with Gasteiger partial charge in [-0.3, -0.25) is 4.98 Å². The van der Waals surface area contributed by atoms with Crippen LogP contribution >= 0.6 is 27.3 Å². The van der Waals surface area contributed by atoms with E-state index < -0.39 is 0 Å². The molecule has 0 amide bonds. The van der Waals surface area contributed by atoms with Crippen molar-refractivity contribution in [1.82, 2.24) is 9.97 Å². The Balaban J connectivity index is 2.08. The summed E-state index contributed by atoms with van der Waals surface area (Å²) in [5, 5.41) is 0.610. The predicted octanol–water partition coefficient (Wildman–Crippen LogP) is 5.08. The summed E-state index contributed by atoms with van der Waals surface area (Å²) in [6, 6.07) is 10.9. The minimum Gasteiger partial charge on any atom is -0.251 e. The fourth-order valence-electron chi connectivity index (χ4n) is 1.92. The summed E-state index contributed by atoms with van der Waals surface area (Å²) in [5.41, 5.74) is 2.20. The normalized spacial score (nSPS) is 10.8. The molecule has 20 heavy (non-hydrogen) atoms. The van der Waals surface area contributed by atoms with Crippen LogP contribution in [0.2, 0.25) is 0 Å². The van der Waals surface area contributed by atoms with Crippen molar-refractivity contribution >= 4 is 27.3 Å². The highest BCUT2D eigenvalue weighted by Crippen LogP contribution is 2.33. The molecule has 3 rings (SSSR count). The van der Waals surface area contributed by atoms with Gasteiger partial charge in [-0.1, -0.05) is 28.1 Å². The summed E-state index contributed by atoms with van der Waals surface area (Å²) >= 11 is 4.87. The van der Waals surface area contributed by atoms with E-state index >= 15 is 0 Å². The first-order valence-electron chi connectivity index (χ1n) is 5.99. The summed E-state index contributed by atoms with van der Waals surface area (Å²) in [5.74, 6) is -0.344. The Morgan fingerprint density at radius 2 is 1.85 bits per heavy atom. The maximum Gasteiger partial charge on any atom is 0.151 e. The highest BCUT2D eigenvalue weighted by molar-refractivity contribution is 9.10. The van der Waals surface area contributed by atoms with Crippen LogP contribution in [0.4, 0.5) is 4.39 Å². The number of aromatic nitrogens is 2. The molecule has 2 nitrogen and oxygen atoms in total. The fourth-order valence-corrected chi connectivity index (χ4v) is 3.11. The Morgan fingerprint density at radius 1 is 1.10 bits per heavy atom. The number of pyridine rings is 1. The maximum absolute atomic E-state index is 13.8. The number of hydrogen-bond donors (Lipinski definition) is 0. The van der Waals surface area contributed by atoms with Gasteiger partial charge in [-0.15, -0.1) is 11.3 Å². The third-order valence-corrected chi connectivity index (χ3v) is 4.38. The molecule has 0 N–H and O–H groups in total. The van der Waals surface area contributed by atoms with Crippen molar-refractivity contribution in [2.45, 2.75) is 6.92 Å². The van der Waals surface area contributed by atoms with Crippen LogP contribution in [-0.2, 0) is 0 Å². The van der Waals surface area contributed by atoms with E-state index in [4.69, 9.17) is 0 Å². The number of benzene rings is 1. The minimum absolute atomic E-state index is 0.309. The summed E-state index contributed by atoms with van der Waals surface area (Å²) in [6.45, 7) is 1.99. The molecule has 1 aromatic carbocycles. The molecule has 0 atom stereocenters. The van der Waals surface area contributed by atoms with Crippen molar-refractivity contribution in [3.8, 4) is 22.0 Å². The lowest BCUT2D eigenvalue weighted by atomic mass is 10.1. The molecule has 0 spiro atoms. The van der Waals surface area contributed by atoms with Crippen LogP contribution in [0.25, 0.3) is 22.0 Å². The second-order valence-electron chi connectivity index (χ2n) is 4.26. The third-order valence-electron chi connectivity index (χ3n) is 2.88. The van der Waals surface area contributed by atoms with Crippen molar-refractivity contribution in [2.24, 2.45) is 0 Å². The Bertz CT molecular complexity index is 753. The Morgan fingerprint density at radius 3 is 2.55 bits per heavy atom. The van der Waals surface area contributed by atoms with Crippen LogP contribution in [0.3, 0.4) is 0 Å². The largest absolute Gasteiger partial charge is 0.251 e. The van der Waals surface area contributed by atoms with E-state index in [2.05, 4.69) is 25.9 Å². The van der Waals surface area contributed by atoms with Crippen LogP contribution in [0.15, 0.2) is 47.1 Å². The molecule has 0 saturated heterocycles. The van der Waals surface area contributed by atoms with Crippen LogP contribution in [0.5, 0.6) is 0 Å². The second kappa shape index (κ2) is 5.42. The SMILES string of the molecule is Cc1sc(-c2ncccc2F)nc1-c1ccc(Br)cc1. The van der Waals surface area contributed by atoms with Gasteiger partial charge in [-0.25, -0.2) is 9.37 Å². The molecular weight excluding hydrogens is 339 g/mol. The van der Waals surface area contributed by atoms with Crippen LogP contribution in [-0.4, -0.2) is 9.97 Å². The first kappa shape index (κ1) is 13.4. The van der Waals surface area contributed by atoms with Gasteiger partial charge in [0.15, 0.2) is 5.82 Å². The van der Waals surface area contributed by atoms with Crippen molar-refractivity contribution < 1.29 is 4.39 Å². The molecule has 0 fully saturated rings. The quantitative estimate of drug-likeness (QED) is 0.645. The molecule has 0 unspecified atom stereocenters. The lowest BCUT2D eigenvalue weighted by Gasteiger charge is -1.99. The van der Waals surface area contributed by atoms with E-state index in [-0.39, 0.29) is 5.82 Å². The fraction of sp³-hybridized carbons (Fsp3) is 0.0667. The highest BCUT2D eigenvalue weighted by Gasteiger charge is 2.14. The van der Waals surface area contributed by atoms with Gasteiger partial charge < -0.3 is 0 Å². The first-order valence-corrected chi connectivity index (χ1v) is 7.60. The number of hydrogen-bond acceptors (Lipinski definition) is 3. The van der Waals surface area contributed by atoms with Crippen molar-refractivity contribution in [3.05, 3.63) is 57.8 Å². The van der Waals surface area contributed by atoms with E-state index in [0.717, 1.165) is 20.6 Å². The molecule has 100 valence electrons.